The van der Waals surface area contributed by atoms with E-state index in [-0.39, 0.29) is 22.5 Å². The highest BCUT2D eigenvalue weighted by molar-refractivity contribution is 5.88. The standard InChI is InChI=1S/C28H32O14/c1-11-18(30)21(33)23(35)27(39-11)38-10-16-19(31)22(34)24(36)28(41-16)42-26-20(32)17-14(29)8-13(37-2)9-15(17)40-25(26)12-6-4-3-5-7-12/h3-9,11,16,18-19,21-24,27-31,33-36H,10H2,1-2H3/t11?,16?,18-,19+,21-,22?,23?,24?,27+,28-/m0/s1. The van der Waals surface area contributed by atoms with E-state index >= 15 is 0 Å². The average molecular weight is 593 g/mol. The number of rotatable bonds is 7. The van der Waals surface area contributed by atoms with Crippen LogP contribution in [0.2, 0.25) is 0 Å². The lowest BCUT2D eigenvalue weighted by Gasteiger charge is -2.42. The van der Waals surface area contributed by atoms with Gasteiger partial charge in [0.2, 0.25) is 17.5 Å². The van der Waals surface area contributed by atoms with E-state index in [1.165, 1.54) is 26.2 Å². The first kappa shape index (κ1) is 30.2. The van der Waals surface area contributed by atoms with Gasteiger partial charge in [0.1, 0.15) is 65.2 Å². The van der Waals surface area contributed by atoms with Crippen molar-refractivity contribution in [3.8, 4) is 28.6 Å². The molecule has 0 saturated carbocycles. The van der Waals surface area contributed by atoms with Crippen LogP contribution in [0.5, 0.6) is 17.2 Å². The van der Waals surface area contributed by atoms with Crippen molar-refractivity contribution in [3.05, 3.63) is 52.7 Å². The minimum atomic E-state index is -1.85. The first-order valence-corrected chi connectivity index (χ1v) is 13.1. The summed E-state index contributed by atoms with van der Waals surface area (Å²) in [6.45, 7) is 0.930. The van der Waals surface area contributed by atoms with Crippen LogP contribution < -0.4 is 14.9 Å². The lowest BCUT2D eigenvalue weighted by atomic mass is 9.98. The van der Waals surface area contributed by atoms with Gasteiger partial charge in [-0.25, -0.2) is 0 Å². The van der Waals surface area contributed by atoms with Crippen LogP contribution in [0.3, 0.4) is 0 Å². The molecule has 5 rings (SSSR count). The quantitative estimate of drug-likeness (QED) is 0.179. The Balaban J connectivity index is 1.46. The van der Waals surface area contributed by atoms with Gasteiger partial charge in [-0.05, 0) is 6.92 Å². The molecule has 0 radical (unpaired) electrons. The zero-order chi connectivity index (χ0) is 30.3. The van der Waals surface area contributed by atoms with E-state index in [2.05, 4.69) is 0 Å². The van der Waals surface area contributed by atoms with E-state index in [0.29, 0.717) is 5.56 Å². The van der Waals surface area contributed by atoms with Crippen molar-refractivity contribution in [3.63, 3.8) is 0 Å². The minimum Gasteiger partial charge on any atom is -0.507 e. The molecular formula is C28H32O14. The number of aliphatic hydroxyl groups is 6. The van der Waals surface area contributed by atoms with Crippen LogP contribution in [0, 0.1) is 0 Å². The van der Waals surface area contributed by atoms with Crippen molar-refractivity contribution >= 4 is 11.0 Å². The molecule has 14 heteroatoms. The summed E-state index contributed by atoms with van der Waals surface area (Å²) in [6, 6.07) is 11.0. The van der Waals surface area contributed by atoms with Crippen LogP contribution in [-0.2, 0) is 14.2 Å². The maximum atomic E-state index is 13.7. The summed E-state index contributed by atoms with van der Waals surface area (Å²) in [6.07, 6.45) is -15.4. The lowest BCUT2D eigenvalue weighted by molar-refractivity contribution is -0.318. The molecule has 14 nitrogen and oxygen atoms in total. The Morgan fingerprint density at radius 2 is 1.50 bits per heavy atom. The molecule has 0 spiro atoms. The summed E-state index contributed by atoms with van der Waals surface area (Å²) in [7, 11) is 1.38. The van der Waals surface area contributed by atoms with Gasteiger partial charge in [-0.15, -0.1) is 0 Å². The van der Waals surface area contributed by atoms with Gasteiger partial charge in [0.25, 0.3) is 0 Å². The third-order valence-electron chi connectivity index (χ3n) is 7.31. The molecule has 10 atom stereocenters. The molecule has 5 unspecified atom stereocenters. The minimum absolute atomic E-state index is 0.0116. The van der Waals surface area contributed by atoms with Crippen molar-refractivity contribution in [2.24, 2.45) is 0 Å². The molecular weight excluding hydrogens is 560 g/mol. The Morgan fingerprint density at radius 1 is 0.833 bits per heavy atom. The Kier molecular flexibility index (Phi) is 8.71. The molecule has 1 aromatic heterocycles. The van der Waals surface area contributed by atoms with Crippen molar-refractivity contribution in [2.45, 2.75) is 68.3 Å². The highest BCUT2D eigenvalue weighted by Crippen LogP contribution is 2.37. The average Bonchev–Trinajstić information content (AvgIpc) is 2.99. The number of phenolic OH excluding ortho intramolecular Hbond substituents is 1. The molecule has 3 heterocycles. The number of phenols is 1. The fourth-order valence-corrected chi connectivity index (χ4v) is 4.87. The largest absolute Gasteiger partial charge is 0.507 e. The summed E-state index contributed by atoms with van der Waals surface area (Å²) in [5, 5.41) is 72.3. The van der Waals surface area contributed by atoms with Crippen molar-refractivity contribution in [1.29, 1.82) is 0 Å². The second-order valence-corrected chi connectivity index (χ2v) is 10.1. The van der Waals surface area contributed by atoms with Gasteiger partial charge in [0, 0.05) is 17.7 Å². The van der Waals surface area contributed by atoms with Gasteiger partial charge in [-0.1, -0.05) is 30.3 Å². The number of hydrogen-bond donors (Lipinski definition) is 7. The number of fused-ring (bicyclic) bond motifs is 1. The molecule has 0 aliphatic carbocycles. The number of hydrogen-bond acceptors (Lipinski definition) is 14. The van der Waals surface area contributed by atoms with Crippen LogP contribution in [-0.4, -0.2) is 111 Å². The highest BCUT2D eigenvalue weighted by atomic mass is 16.7. The predicted molar refractivity (Wildman–Crippen MR) is 142 cm³/mol. The first-order valence-electron chi connectivity index (χ1n) is 13.1. The van der Waals surface area contributed by atoms with Gasteiger partial charge in [0.05, 0.1) is 19.8 Å². The van der Waals surface area contributed by atoms with Gasteiger partial charge in [-0.3, -0.25) is 4.79 Å². The van der Waals surface area contributed by atoms with E-state index in [4.69, 9.17) is 28.1 Å². The molecule has 2 fully saturated rings. The lowest BCUT2D eigenvalue weighted by Crippen LogP contribution is -2.61. The maximum Gasteiger partial charge on any atom is 0.239 e. The molecule has 2 aromatic carbocycles. The SMILES string of the molecule is COc1cc(O)c2c(=O)c(O[C@@H]3OC(CO[C@@H]4OC(C)[C@H](O)[C@H](O)C4O)[C@@H](O)C(O)C3O)c(-c3ccccc3)oc2c1. The predicted octanol–water partition coefficient (Wildman–Crippen LogP) is -0.795. The normalized spacial score (nSPS) is 33.4. The molecule has 7 N–H and O–H groups in total. The number of aliphatic hydroxyl groups excluding tert-OH is 6. The van der Waals surface area contributed by atoms with Crippen LogP contribution in [0.4, 0.5) is 0 Å². The van der Waals surface area contributed by atoms with Crippen molar-refractivity contribution in [1.82, 2.24) is 0 Å². The Morgan fingerprint density at radius 3 is 2.19 bits per heavy atom. The summed E-state index contributed by atoms with van der Waals surface area (Å²) in [5.41, 5.74) is -0.430. The van der Waals surface area contributed by atoms with E-state index in [1.807, 2.05) is 0 Å². The van der Waals surface area contributed by atoms with Crippen LogP contribution in [0.25, 0.3) is 22.3 Å². The first-order chi connectivity index (χ1) is 20.0. The monoisotopic (exact) mass is 592 g/mol. The van der Waals surface area contributed by atoms with E-state index in [9.17, 15) is 40.5 Å². The second-order valence-electron chi connectivity index (χ2n) is 10.1. The summed E-state index contributed by atoms with van der Waals surface area (Å²) in [4.78, 5) is 13.7. The molecule has 0 amide bonds. The molecule has 42 heavy (non-hydrogen) atoms. The van der Waals surface area contributed by atoms with Crippen LogP contribution in [0.15, 0.2) is 51.7 Å². The molecule has 2 aliphatic heterocycles. The molecule has 2 aliphatic rings. The smallest absolute Gasteiger partial charge is 0.239 e. The third-order valence-corrected chi connectivity index (χ3v) is 7.31. The fraction of sp³-hybridized carbons (Fsp3) is 0.464. The Labute approximate surface area is 238 Å². The summed E-state index contributed by atoms with van der Waals surface area (Å²) >= 11 is 0. The van der Waals surface area contributed by atoms with Crippen molar-refractivity contribution < 1.29 is 63.8 Å². The Hall–Kier alpha value is -3.31. The van der Waals surface area contributed by atoms with Crippen LogP contribution in [0.1, 0.15) is 6.92 Å². The topological polar surface area (TPSA) is 218 Å². The molecule has 3 aromatic rings. The van der Waals surface area contributed by atoms with E-state index in [0.717, 1.165) is 0 Å². The maximum absolute atomic E-state index is 13.7. The number of methoxy groups -OCH3 is 1. The zero-order valence-corrected chi connectivity index (χ0v) is 22.5. The number of ether oxygens (including phenoxy) is 5. The number of aromatic hydroxyl groups is 1. The Bertz CT molecular complexity index is 1440. The van der Waals surface area contributed by atoms with Gasteiger partial charge < -0.3 is 63.8 Å². The zero-order valence-electron chi connectivity index (χ0n) is 22.5. The van der Waals surface area contributed by atoms with Gasteiger partial charge >= 0.3 is 0 Å². The molecule has 0 bridgehead atoms. The van der Waals surface area contributed by atoms with Crippen LogP contribution >= 0.6 is 0 Å². The molecule has 2 saturated heterocycles. The number of benzene rings is 2. The fourth-order valence-electron chi connectivity index (χ4n) is 4.87. The van der Waals surface area contributed by atoms with E-state index < -0.39 is 84.9 Å². The third kappa shape index (κ3) is 5.56. The van der Waals surface area contributed by atoms with Gasteiger partial charge in [0.15, 0.2) is 12.1 Å². The second kappa shape index (κ2) is 12.1. The van der Waals surface area contributed by atoms with Crippen molar-refractivity contribution in [2.75, 3.05) is 13.7 Å². The molecule has 228 valence electrons. The summed E-state index contributed by atoms with van der Waals surface area (Å²) < 4.78 is 33.5. The van der Waals surface area contributed by atoms with E-state index in [1.54, 1.807) is 30.3 Å². The van der Waals surface area contributed by atoms with Gasteiger partial charge in [-0.2, -0.15) is 0 Å². The summed E-state index contributed by atoms with van der Waals surface area (Å²) in [5.74, 6) is -0.768. The highest BCUT2D eigenvalue weighted by Gasteiger charge is 2.47.